The van der Waals surface area contributed by atoms with Gasteiger partial charge in [0.1, 0.15) is 12.4 Å². The predicted octanol–water partition coefficient (Wildman–Crippen LogP) is 6.44. The van der Waals surface area contributed by atoms with Gasteiger partial charge < -0.3 is 14.6 Å². The van der Waals surface area contributed by atoms with E-state index in [9.17, 15) is 18.0 Å². The second-order valence-corrected chi connectivity index (χ2v) is 8.26. The second kappa shape index (κ2) is 11.9. The third-order valence-electron chi connectivity index (χ3n) is 5.26. The largest absolute Gasteiger partial charge is 0.492 e. The molecule has 0 saturated carbocycles. The van der Waals surface area contributed by atoms with Gasteiger partial charge in [-0.3, -0.25) is 4.79 Å². The van der Waals surface area contributed by atoms with E-state index in [1.54, 1.807) is 22.8 Å². The van der Waals surface area contributed by atoms with Crippen LogP contribution in [0.3, 0.4) is 0 Å². The number of para-hydroxylation sites is 1. The summed E-state index contributed by atoms with van der Waals surface area (Å²) < 4.78 is 45.9. The maximum Gasteiger partial charge on any atom is 0.416 e. The first kappa shape index (κ1) is 26.3. The lowest BCUT2D eigenvalue weighted by atomic mass is 10.1. The van der Waals surface area contributed by atoms with E-state index in [1.165, 1.54) is 13.0 Å². The van der Waals surface area contributed by atoms with Crippen LogP contribution in [0.1, 0.15) is 12.5 Å². The lowest BCUT2D eigenvalue weighted by Crippen LogP contribution is -2.29. The van der Waals surface area contributed by atoms with Crippen LogP contribution in [0, 0.1) is 0 Å². The van der Waals surface area contributed by atoms with Crippen LogP contribution in [0.25, 0.3) is 10.9 Å². The van der Waals surface area contributed by atoms with Crippen molar-refractivity contribution in [2.45, 2.75) is 26.2 Å². The topological polar surface area (TPSA) is 43.3 Å². The van der Waals surface area contributed by atoms with Crippen LogP contribution in [-0.2, 0) is 13.1 Å². The molecule has 0 spiro atoms. The number of nitrogens with one attached hydrogen (secondary N) is 1. The van der Waals surface area contributed by atoms with Gasteiger partial charge in [-0.15, -0.1) is 0 Å². The monoisotopic (exact) mass is 502 g/mol. The summed E-state index contributed by atoms with van der Waals surface area (Å²) in [5.74, 6) is 0.707. The number of rotatable bonds is 10. The number of benzene rings is 2. The quantitative estimate of drug-likeness (QED) is 0.324. The molecule has 0 fully saturated rings. The van der Waals surface area contributed by atoms with E-state index in [0.29, 0.717) is 34.0 Å². The maximum atomic E-state index is 13.2. The molecule has 1 heterocycles. The highest BCUT2D eigenvalue weighted by molar-refractivity contribution is 6.31. The number of hydrogen-bond acceptors (Lipinski definition) is 3. The Morgan fingerprint density at radius 3 is 2.57 bits per heavy atom. The van der Waals surface area contributed by atoms with Crippen LogP contribution >= 0.6 is 11.6 Å². The molecule has 0 radical (unpaired) electrons. The third-order valence-corrected chi connectivity index (χ3v) is 5.50. The van der Waals surface area contributed by atoms with Crippen LogP contribution in [-0.4, -0.2) is 23.9 Å². The fraction of sp³-hybridized carbons (Fsp3) is 0.222. The summed E-state index contributed by atoms with van der Waals surface area (Å²) in [5.41, 5.74) is 0.727. The molecule has 0 bridgehead atoms. The molecule has 8 heteroatoms. The maximum absolute atomic E-state index is 13.2. The predicted molar refractivity (Wildman–Crippen MR) is 135 cm³/mol. The molecule has 2 aromatic carbocycles. The summed E-state index contributed by atoms with van der Waals surface area (Å²) in [4.78, 5) is 13.2. The summed E-state index contributed by atoms with van der Waals surface area (Å²) in [7, 11) is 0. The van der Waals surface area contributed by atoms with Crippen molar-refractivity contribution in [2.75, 3.05) is 13.2 Å². The van der Waals surface area contributed by atoms with Gasteiger partial charge in [0.2, 0.25) is 0 Å². The molecule has 35 heavy (non-hydrogen) atoms. The number of aromatic nitrogens is 1. The van der Waals surface area contributed by atoms with Crippen molar-refractivity contribution in [2.24, 2.45) is 0 Å². The van der Waals surface area contributed by atoms with Gasteiger partial charge in [0.05, 0.1) is 17.6 Å². The van der Waals surface area contributed by atoms with E-state index < -0.39 is 11.7 Å². The second-order valence-electron chi connectivity index (χ2n) is 7.83. The van der Waals surface area contributed by atoms with Crippen molar-refractivity contribution < 1.29 is 17.9 Å². The lowest BCUT2D eigenvalue weighted by molar-refractivity contribution is -0.0883. The molecule has 0 saturated heterocycles. The molecule has 3 aromatic rings. The molecule has 0 amide bonds. The standard InChI is InChI=1S/C27H26ClF3N2O2/c1-3-22(27(29,30)31)11-9-19(2)17-32-18-21-15-20-10-12-23(28)16-25(20)33(26(21)34)13-14-35-24-7-5-4-6-8-24/h3-12,15-16,32H,2,13-14,17-18H2,1H3/b11-9-,22-3+. The van der Waals surface area contributed by atoms with Gasteiger partial charge in [-0.1, -0.05) is 60.7 Å². The van der Waals surface area contributed by atoms with E-state index in [0.717, 1.165) is 17.5 Å². The zero-order valence-electron chi connectivity index (χ0n) is 19.2. The molecule has 4 nitrogen and oxygen atoms in total. The number of ether oxygens (including phenoxy) is 1. The zero-order valence-corrected chi connectivity index (χ0v) is 20.0. The fourth-order valence-corrected chi connectivity index (χ4v) is 3.67. The minimum absolute atomic E-state index is 0.196. The molecule has 0 aliphatic rings. The van der Waals surface area contributed by atoms with Crippen molar-refractivity contribution >= 4 is 22.5 Å². The van der Waals surface area contributed by atoms with Crippen molar-refractivity contribution in [1.29, 1.82) is 0 Å². The van der Waals surface area contributed by atoms with E-state index >= 15 is 0 Å². The Morgan fingerprint density at radius 1 is 1.14 bits per heavy atom. The third kappa shape index (κ3) is 7.34. The van der Waals surface area contributed by atoms with E-state index in [2.05, 4.69) is 11.9 Å². The Morgan fingerprint density at radius 2 is 1.89 bits per heavy atom. The van der Waals surface area contributed by atoms with Crippen LogP contribution in [0.15, 0.2) is 95.3 Å². The van der Waals surface area contributed by atoms with Crippen molar-refractivity contribution in [1.82, 2.24) is 9.88 Å². The minimum atomic E-state index is -4.41. The molecule has 184 valence electrons. The van der Waals surface area contributed by atoms with Crippen molar-refractivity contribution in [3.63, 3.8) is 0 Å². The zero-order chi connectivity index (χ0) is 25.4. The number of pyridine rings is 1. The Hall–Kier alpha value is -3.29. The minimum Gasteiger partial charge on any atom is -0.492 e. The summed E-state index contributed by atoms with van der Waals surface area (Å²) in [5, 5.41) is 4.44. The van der Waals surface area contributed by atoms with Gasteiger partial charge in [-0.2, -0.15) is 13.2 Å². The normalized spacial score (nSPS) is 12.4. The van der Waals surface area contributed by atoms with Crippen LogP contribution in [0.2, 0.25) is 5.02 Å². The first-order valence-corrected chi connectivity index (χ1v) is 11.4. The van der Waals surface area contributed by atoms with Gasteiger partial charge in [0.25, 0.3) is 5.56 Å². The highest BCUT2D eigenvalue weighted by atomic mass is 35.5. The molecule has 0 atom stereocenters. The van der Waals surface area contributed by atoms with Crippen LogP contribution < -0.4 is 15.6 Å². The van der Waals surface area contributed by atoms with E-state index in [-0.39, 0.29) is 25.3 Å². The molecular weight excluding hydrogens is 477 g/mol. The average molecular weight is 503 g/mol. The summed E-state index contributed by atoms with van der Waals surface area (Å²) in [6.45, 7) is 6.16. The van der Waals surface area contributed by atoms with Crippen LogP contribution in [0.5, 0.6) is 5.75 Å². The Kier molecular flexibility index (Phi) is 8.95. The highest BCUT2D eigenvalue weighted by Gasteiger charge is 2.30. The highest BCUT2D eigenvalue weighted by Crippen LogP contribution is 2.26. The van der Waals surface area contributed by atoms with Crippen molar-refractivity contribution in [3.8, 4) is 5.75 Å². The van der Waals surface area contributed by atoms with Gasteiger partial charge in [-0.05, 0) is 48.2 Å². The number of allylic oxidation sites excluding steroid dienone is 3. The first-order valence-electron chi connectivity index (χ1n) is 11.0. The van der Waals surface area contributed by atoms with Crippen molar-refractivity contribution in [3.05, 3.63) is 111 Å². The Labute approximate surface area is 207 Å². The molecule has 0 unspecified atom stereocenters. The van der Waals surface area contributed by atoms with Gasteiger partial charge in [-0.25, -0.2) is 0 Å². The smallest absolute Gasteiger partial charge is 0.416 e. The van der Waals surface area contributed by atoms with E-state index in [1.807, 2.05) is 36.4 Å². The van der Waals surface area contributed by atoms with E-state index in [4.69, 9.17) is 16.3 Å². The summed E-state index contributed by atoms with van der Waals surface area (Å²) in [6, 6.07) is 16.4. The molecule has 0 aliphatic carbocycles. The Bertz CT molecular complexity index is 1300. The van der Waals surface area contributed by atoms with Gasteiger partial charge >= 0.3 is 6.18 Å². The molecular formula is C27H26ClF3N2O2. The fourth-order valence-electron chi connectivity index (χ4n) is 3.50. The van der Waals surface area contributed by atoms with Gasteiger partial charge in [0.15, 0.2) is 0 Å². The lowest BCUT2D eigenvalue weighted by Gasteiger charge is -2.15. The number of halogens is 4. The number of nitrogens with zero attached hydrogens (tertiary/aromatic N) is 1. The SMILES string of the molecule is C=C(/C=C\C(=C/C)C(F)(F)F)CNCc1cc2ccc(Cl)cc2n(CCOc2ccccc2)c1=O. The molecule has 0 aliphatic heterocycles. The Balaban J connectivity index is 1.72. The molecule has 3 rings (SSSR count). The summed E-state index contributed by atoms with van der Waals surface area (Å²) in [6.07, 6.45) is -1.11. The number of fused-ring (bicyclic) bond motifs is 1. The van der Waals surface area contributed by atoms with Gasteiger partial charge in [0, 0.05) is 23.7 Å². The molecule has 1 aromatic heterocycles. The summed E-state index contributed by atoms with van der Waals surface area (Å²) >= 11 is 6.17. The number of hydrogen-bond donors (Lipinski definition) is 1. The number of alkyl halides is 3. The molecule has 1 N–H and O–H groups in total. The first-order chi connectivity index (χ1) is 16.7. The van der Waals surface area contributed by atoms with Crippen LogP contribution in [0.4, 0.5) is 13.2 Å². The average Bonchev–Trinajstić information content (AvgIpc) is 2.81.